The maximum absolute atomic E-state index is 12.3. The molecule has 0 aromatic rings. The first kappa shape index (κ1) is 12.9. The maximum atomic E-state index is 12.3. The van der Waals surface area contributed by atoms with E-state index in [1.807, 2.05) is 20.8 Å². The number of carbonyl (C=O) groups is 1. The van der Waals surface area contributed by atoms with Gasteiger partial charge in [-0.15, -0.1) is 0 Å². The zero-order valence-corrected chi connectivity index (χ0v) is 11.9. The fourth-order valence-corrected chi connectivity index (χ4v) is 4.13. The van der Waals surface area contributed by atoms with Gasteiger partial charge >= 0.3 is 0 Å². The molecule has 88 valence electrons. The highest BCUT2D eigenvalue weighted by Gasteiger charge is 2.47. The molecule has 1 fully saturated rings. The van der Waals surface area contributed by atoms with Crippen LogP contribution in [0.3, 0.4) is 0 Å². The molecule has 2 nitrogen and oxygen atoms in total. The van der Waals surface area contributed by atoms with Gasteiger partial charge in [-0.2, -0.15) is 0 Å². The first-order chi connectivity index (χ1) is 6.57. The molecule has 0 saturated heterocycles. The Morgan fingerprint density at radius 2 is 1.67 bits per heavy atom. The van der Waals surface area contributed by atoms with Crippen LogP contribution in [0.2, 0.25) is 19.6 Å². The molecular weight excluding hydrogens is 204 g/mol. The summed E-state index contributed by atoms with van der Waals surface area (Å²) in [4.78, 5) is 12.3. The van der Waals surface area contributed by atoms with Crippen LogP contribution in [-0.2, 0) is 9.22 Å². The summed E-state index contributed by atoms with van der Waals surface area (Å²) in [7, 11) is -1.64. The second-order valence-electron chi connectivity index (χ2n) is 6.51. The van der Waals surface area contributed by atoms with Gasteiger partial charge in [-0.3, -0.25) is 4.79 Å². The van der Waals surface area contributed by atoms with Crippen LogP contribution in [-0.4, -0.2) is 19.7 Å². The summed E-state index contributed by atoms with van der Waals surface area (Å²) < 4.78 is 6.10. The normalized spacial score (nSPS) is 31.7. The Morgan fingerprint density at radius 1 is 1.13 bits per heavy atom. The van der Waals surface area contributed by atoms with Crippen molar-refractivity contribution in [2.45, 2.75) is 65.3 Å². The molecule has 0 N–H and O–H groups in total. The van der Waals surface area contributed by atoms with Gasteiger partial charge in [-0.1, -0.05) is 13.8 Å². The van der Waals surface area contributed by atoms with Crippen LogP contribution in [0.15, 0.2) is 0 Å². The van der Waals surface area contributed by atoms with E-state index in [2.05, 4.69) is 19.6 Å². The fraction of sp³-hybridized carbons (Fsp3) is 0.917. The molecule has 0 bridgehead atoms. The predicted molar refractivity (Wildman–Crippen MR) is 65.5 cm³/mol. The highest BCUT2D eigenvalue weighted by atomic mass is 28.4. The summed E-state index contributed by atoms with van der Waals surface area (Å²) in [5.74, 6) is 0.295. The van der Waals surface area contributed by atoms with Crippen molar-refractivity contribution in [2.24, 2.45) is 5.41 Å². The molecule has 0 amide bonds. The Balaban J connectivity index is 2.88. The second-order valence-corrected chi connectivity index (χ2v) is 10.9. The maximum Gasteiger partial charge on any atom is 0.185 e. The third-order valence-corrected chi connectivity index (χ3v) is 4.14. The standard InChI is InChI=1S/C12H24O2Si/c1-11(2)8-7-9-12(3,10(11)13)14-15(4,5)6/h7-9H2,1-6H3. The highest BCUT2D eigenvalue weighted by Crippen LogP contribution is 2.40. The number of ketones is 1. The van der Waals surface area contributed by atoms with Gasteiger partial charge in [0.15, 0.2) is 14.1 Å². The van der Waals surface area contributed by atoms with E-state index in [9.17, 15) is 4.79 Å². The minimum Gasteiger partial charge on any atom is -0.405 e. The topological polar surface area (TPSA) is 26.3 Å². The van der Waals surface area contributed by atoms with Crippen molar-refractivity contribution < 1.29 is 9.22 Å². The van der Waals surface area contributed by atoms with Crippen LogP contribution in [0.1, 0.15) is 40.0 Å². The number of carbonyl (C=O) groups excluding carboxylic acids is 1. The average Bonchev–Trinajstić information content (AvgIpc) is 1.96. The largest absolute Gasteiger partial charge is 0.405 e. The summed E-state index contributed by atoms with van der Waals surface area (Å²) in [5, 5.41) is 0. The number of hydrogen-bond acceptors (Lipinski definition) is 2. The van der Waals surface area contributed by atoms with Crippen molar-refractivity contribution in [3.63, 3.8) is 0 Å². The molecule has 1 atom stereocenters. The number of hydrogen-bond donors (Lipinski definition) is 0. The molecular formula is C12H24O2Si. The molecule has 1 rings (SSSR count). The van der Waals surface area contributed by atoms with Gasteiger partial charge in [0.25, 0.3) is 0 Å². The van der Waals surface area contributed by atoms with Gasteiger partial charge in [0, 0.05) is 5.41 Å². The van der Waals surface area contributed by atoms with Crippen molar-refractivity contribution in [3.8, 4) is 0 Å². The molecule has 0 aromatic heterocycles. The van der Waals surface area contributed by atoms with Gasteiger partial charge < -0.3 is 4.43 Å². The lowest BCUT2D eigenvalue weighted by Crippen LogP contribution is -2.53. The van der Waals surface area contributed by atoms with Crippen molar-refractivity contribution in [3.05, 3.63) is 0 Å². The van der Waals surface area contributed by atoms with E-state index >= 15 is 0 Å². The Morgan fingerprint density at radius 3 is 2.13 bits per heavy atom. The molecule has 3 heteroatoms. The monoisotopic (exact) mass is 228 g/mol. The molecule has 0 aromatic carbocycles. The average molecular weight is 228 g/mol. The highest BCUT2D eigenvalue weighted by molar-refractivity contribution is 6.70. The molecule has 1 unspecified atom stereocenters. The minimum absolute atomic E-state index is 0.202. The fourth-order valence-electron chi connectivity index (χ4n) is 2.58. The van der Waals surface area contributed by atoms with Crippen molar-refractivity contribution >= 4 is 14.1 Å². The zero-order valence-electron chi connectivity index (χ0n) is 10.9. The Hall–Kier alpha value is -0.153. The van der Waals surface area contributed by atoms with Crippen LogP contribution in [0, 0.1) is 5.41 Å². The van der Waals surface area contributed by atoms with Crippen LogP contribution in [0.5, 0.6) is 0 Å². The second kappa shape index (κ2) is 3.70. The molecule has 0 heterocycles. The van der Waals surface area contributed by atoms with Gasteiger partial charge in [0.05, 0.1) is 0 Å². The number of Topliss-reactive ketones (excluding diaryl/α,β-unsaturated/α-hetero) is 1. The lowest BCUT2D eigenvalue weighted by molar-refractivity contribution is -0.148. The van der Waals surface area contributed by atoms with E-state index < -0.39 is 13.9 Å². The van der Waals surface area contributed by atoms with Crippen LogP contribution < -0.4 is 0 Å². The van der Waals surface area contributed by atoms with Gasteiger partial charge in [0.2, 0.25) is 0 Å². The van der Waals surface area contributed by atoms with Crippen molar-refractivity contribution in [1.29, 1.82) is 0 Å². The number of rotatable bonds is 2. The molecule has 0 aliphatic heterocycles. The van der Waals surface area contributed by atoms with Gasteiger partial charge in [-0.05, 0) is 45.8 Å². The van der Waals surface area contributed by atoms with E-state index in [-0.39, 0.29) is 5.41 Å². The van der Waals surface area contributed by atoms with Crippen LogP contribution in [0.4, 0.5) is 0 Å². The Kier molecular flexibility index (Phi) is 3.19. The van der Waals surface area contributed by atoms with Crippen molar-refractivity contribution in [2.75, 3.05) is 0 Å². The molecule has 15 heavy (non-hydrogen) atoms. The summed E-state index contributed by atoms with van der Waals surface area (Å²) in [6, 6.07) is 0. The summed E-state index contributed by atoms with van der Waals surface area (Å²) in [6.07, 6.45) is 2.98. The Bertz CT molecular complexity index is 265. The smallest absolute Gasteiger partial charge is 0.185 e. The van der Waals surface area contributed by atoms with Crippen molar-refractivity contribution in [1.82, 2.24) is 0 Å². The van der Waals surface area contributed by atoms with E-state index in [0.717, 1.165) is 19.3 Å². The molecule has 0 radical (unpaired) electrons. The van der Waals surface area contributed by atoms with Gasteiger partial charge in [0.1, 0.15) is 5.60 Å². The lowest BCUT2D eigenvalue weighted by Gasteiger charge is -2.44. The van der Waals surface area contributed by atoms with E-state index in [0.29, 0.717) is 5.78 Å². The minimum atomic E-state index is -1.64. The predicted octanol–water partition coefficient (Wildman–Crippen LogP) is 3.38. The summed E-state index contributed by atoms with van der Waals surface area (Å²) in [6.45, 7) is 12.5. The SMILES string of the molecule is CC1(C)CCCC(C)(O[Si](C)(C)C)C1=O. The quantitative estimate of drug-likeness (QED) is 0.677. The molecule has 1 aliphatic rings. The van der Waals surface area contributed by atoms with Crippen LogP contribution in [0.25, 0.3) is 0 Å². The third-order valence-electron chi connectivity index (χ3n) is 3.08. The molecule has 1 aliphatic carbocycles. The third kappa shape index (κ3) is 2.91. The van der Waals surface area contributed by atoms with E-state index in [1.165, 1.54) is 0 Å². The van der Waals surface area contributed by atoms with E-state index in [1.54, 1.807) is 0 Å². The first-order valence-corrected chi connectivity index (χ1v) is 9.23. The van der Waals surface area contributed by atoms with Crippen LogP contribution >= 0.6 is 0 Å². The molecule has 0 spiro atoms. The summed E-state index contributed by atoms with van der Waals surface area (Å²) >= 11 is 0. The summed E-state index contributed by atoms with van der Waals surface area (Å²) in [5.41, 5.74) is -0.723. The van der Waals surface area contributed by atoms with Gasteiger partial charge in [-0.25, -0.2) is 0 Å². The first-order valence-electron chi connectivity index (χ1n) is 5.82. The lowest BCUT2D eigenvalue weighted by atomic mass is 9.69. The van der Waals surface area contributed by atoms with E-state index in [4.69, 9.17) is 4.43 Å². The molecule has 1 saturated carbocycles. The Labute approximate surface area is 94.5 Å². The zero-order chi connectivity index (χ0) is 11.9.